The molecule has 3 rings (SSSR count). The van der Waals surface area contributed by atoms with E-state index >= 15 is 0 Å². The van der Waals surface area contributed by atoms with Gasteiger partial charge in [0.2, 0.25) is 0 Å². The fourth-order valence-corrected chi connectivity index (χ4v) is 5.28. The summed E-state index contributed by atoms with van der Waals surface area (Å²) in [4.78, 5) is 41.8. The number of esters is 1. The number of benzene rings is 2. The largest absolute Gasteiger partial charge is 0.506 e. The van der Waals surface area contributed by atoms with E-state index in [9.17, 15) is 19.5 Å². The Bertz CT molecular complexity index is 1360. The summed E-state index contributed by atoms with van der Waals surface area (Å²) in [6.45, 7) is 6.90. The Labute approximate surface area is 234 Å². The van der Waals surface area contributed by atoms with Gasteiger partial charge in [0.05, 0.1) is 25.2 Å². The molecule has 1 heterocycles. The molecule has 0 saturated carbocycles. The number of halogens is 2. The molecule has 0 unspecified atom stereocenters. The zero-order valence-corrected chi connectivity index (χ0v) is 24.5. The van der Waals surface area contributed by atoms with Crippen molar-refractivity contribution in [1.29, 1.82) is 0 Å². The molecule has 1 atom stereocenters. The highest BCUT2D eigenvalue weighted by atomic mass is 127. The summed E-state index contributed by atoms with van der Waals surface area (Å²) in [6, 6.07) is 5.61. The van der Waals surface area contributed by atoms with Crippen LogP contribution in [0.25, 0.3) is 10.9 Å². The molecule has 36 heavy (non-hydrogen) atoms. The van der Waals surface area contributed by atoms with Crippen LogP contribution in [0.3, 0.4) is 0 Å². The van der Waals surface area contributed by atoms with Crippen LogP contribution in [0.2, 0.25) is 0 Å². The number of aromatic hydroxyl groups is 1. The van der Waals surface area contributed by atoms with E-state index in [0.29, 0.717) is 23.9 Å². The van der Waals surface area contributed by atoms with Crippen LogP contribution in [0.15, 0.2) is 33.5 Å². The van der Waals surface area contributed by atoms with E-state index < -0.39 is 29.3 Å². The number of carbonyl (C=O) groups excluding carboxylic acids is 2. The Balaban J connectivity index is 1.91. The van der Waals surface area contributed by atoms with Gasteiger partial charge in [0.25, 0.3) is 6.01 Å². The molecule has 0 saturated heterocycles. The number of carbonyl (C=O) groups is 2. The van der Waals surface area contributed by atoms with E-state index in [1.165, 1.54) is 7.11 Å². The van der Waals surface area contributed by atoms with E-state index in [-0.39, 0.29) is 23.6 Å². The molecular formula is C24H25I2N3O7. The monoisotopic (exact) mass is 721 g/mol. The van der Waals surface area contributed by atoms with E-state index in [1.54, 1.807) is 52.0 Å². The predicted octanol–water partition coefficient (Wildman–Crippen LogP) is 4.95. The average Bonchev–Trinajstić information content (AvgIpc) is 2.76. The number of hydrogen-bond donors (Lipinski definition) is 3. The highest BCUT2D eigenvalue weighted by Crippen LogP contribution is 2.28. The lowest BCUT2D eigenvalue weighted by Crippen LogP contribution is -2.33. The van der Waals surface area contributed by atoms with Crippen molar-refractivity contribution in [3.8, 4) is 5.75 Å². The van der Waals surface area contributed by atoms with E-state index in [4.69, 9.17) is 13.9 Å². The van der Waals surface area contributed by atoms with Gasteiger partial charge in [-0.05, 0) is 108 Å². The highest BCUT2D eigenvalue weighted by Gasteiger charge is 2.24. The topological polar surface area (TPSA) is 140 Å². The number of anilines is 2. The molecule has 1 aromatic heterocycles. The standard InChI is InChI=1S/C24H25I2N3O7/c1-11-15(29-23(33)36-24(2,3)4)6-7-16-18(11)21(32)35-22(27-16)28-17(20(31)34-5)10-12-8-13(25)19(30)14(26)9-12/h6-9,17,30H,10H2,1-5H3,(H,27,28)(H,29,33)/t17-/m0/s1. The molecule has 0 aliphatic rings. The summed E-state index contributed by atoms with van der Waals surface area (Å²) < 4.78 is 16.8. The van der Waals surface area contributed by atoms with Gasteiger partial charge in [0.15, 0.2) is 0 Å². The van der Waals surface area contributed by atoms with Crippen molar-refractivity contribution in [1.82, 2.24) is 4.98 Å². The molecule has 0 radical (unpaired) electrons. The van der Waals surface area contributed by atoms with Gasteiger partial charge in [-0.1, -0.05) is 0 Å². The van der Waals surface area contributed by atoms with E-state index in [2.05, 4.69) is 15.6 Å². The average molecular weight is 721 g/mol. The molecule has 12 heteroatoms. The smallest absolute Gasteiger partial charge is 0.412 e. The van der Waals surface area contributed by atoms with Crippen molar-refractivity contribution in [2.45, 2.75) is 45.8 Å². The normalized spacial score (nSPS) is 12.2. The molecule has 0 aliphatic carbocycles. The van der Waals surface area contributed by atoms with Gasteiger partial charge in [0, 0.05) is 12.1 Å². The molecule has 3 N–H and O–H groups in total. The number of fused-ring (bicyclic) bond motifs is 1. The van der Waals surface area contributed by atoms with Crippen LogP contribution in [0.1, 0.15) is 31.9 Å². The lowest BCUT2D eigenvalue weighted by molar-refractivity contribution is -0.141. The minimum absolute atomic E-state index is 0.154. The first-order valence-corrected chi connectivity index (χ1v) is 12.9. The van der Waals surface area contributed by atoms with Gasteiger partial charge >= 0.3 is 17.7 Å². The van der Waals surface area contributed by atoms with Crippen LogP contribution < -0.4 is 16.3 Å². The highest BCUT2D eigenvalue weighted by molar-refractivity contribution is 14.1. The summed E-state index contributed by atoms with van der Waals surface area (Å²) in [6.07, 6.45) is -0.458. The molecule has 2 aromatic carbocycles. The van der Waals surface area contributed by atoms with Crippen LogP contribution in [0, 0.1) is 14.1 Å². The Morgan fingerprint density at radius 1 is 1.19 bits per heavy atom. The Morgan fingerprint density at radius 2 is 1.83 bits per heavy atom. The van der Waals surface area contributed by atoms with Crippen LogP contribution in [0.5, 0.6) is 5.75 Å². The number of aryl methyl sites for hydroxylation is 1. The van der Waals surface area contributed by atoms with Crippen molar-refractivity contribution >= 4 is 79.8 Å². The number of ether oxygens (including phenoxy) is 2. The molecule has 0 spiro atoms. The third-order valence-corrected chi connectivity index (χ3v) is 6.64. The second-order valence-corrected chi connectivity index (χ2v) is 11.2. The number of phenols is 1. The van der Waals surface area contributed by atoms with Crippen molar-refractivity contribution in [3.05, 3.63) is 53.0 Å². The van der Waals surface area contributed by atoms with E-state index in [1.807, 2.05) is 45.2 Å². The van der Waals surface area contributed by atoms with Gasteiger partial charge in [0.1, 0.15) is 17.4 Å². The number of nitrogens with one attached hydrogen (secondary N) is 2. The maximum atomic E-state index is 12.9. The van der Waals surface area contributed by atoms with Gasteiger partial charge in [-0.3, -0.25) is 5.32 Å². The maximum absolute atomic E-state index is 12.9. The Hall–Kier alpha value is -2.62. The molecule has 0 bridgehead atoms. The second-order valence-electron chi connectivity index (χ2n) is 8.90. The number of nitrogens with zero attached hydrogens (tertiary/aromatic N) is 1. The van der Waals surface area contributed by atoms with Crippen molar-refractivity contribution in [3.63, 3.8) is 0 Å². The third-order valence-electron chi connectivity index (χ3n) is 4.99. The lowest BCUT2D eigenvalue weighted by Gasteiger charge is -2.20. The predicted molar refractivity (Wildman–Crippen MR) is 152 cm³/mol. The first kappa shape index (κ1) is 28.0. The number of phenolic OH excluding ortho intramolecular Hbond substituents is 1. The fraction of sp³-hybridized carbons (Fsp3) is 0.333. The number of amides is 1. The molecule has 10 nitrogen and oxygen atoms in total. The number of rotatable bonds is 6. The van der Waals surface area contributed by atoms with Crippen molar-refractivity contribution in [2.24, 2.45) is 0 Å². The maximum Gasteiger partial charge on any atom is 0.412 e. The quantitative estimate of drug-likeness (QED) is 0.238. The van der Waals surface area contributed by atoms with Gasteiger partial charge in [-0.15, -0.1) is 0 Å². The van der Waals surface area contributed by atoms with Crippen LogP contribution in [-0.2, 0) is 20.7 Å². The summed E-state index contributed by atoms with van der Waals surface area (Å²) in [7, 11) is 1.26. The molecule has 0 fully saturated rings. The zero-order chi connectivity index (χ0) is 26.8. The van der Waals surface area contributed by atoms with E-state index in [0.717, 1.165) is 5.56 Å². The zero-order valence-electron chi connectivity index (χ0n) is 20.2. The summed E-state index contributed by atoms with van der Waals surface area (Å²) in [5.41, 5.74) is 0.562. The minimum atomic E-state index is -0.909. The van der Waals surface area contributed by atoms with Gasteiger partial charge < -0.3 is 24.3 Å². The first-order chi connectivity index (χ1) is 16.8. The molecule has 192 valence electrons. The number of hydrogen-bond acceptors (Lipinski definition) is 9. The minimum Gasteiger partial charge on any atom is -0.506 e. The van der Waals surface area contributed by atoms with Crippen molar-refractivity contribution in [2.75, 3.05) is 17.7 Å². The van der Waals surface area contributed by atoms with Gasteiger partial charge in [-0.2, -0.15) is 4.98 Å². The summed E-state index contributed by atoms with van der Waals surface area (Å²) in [5, 5.41) is 15.7. The van der Waals surface area contributed by atoms with Crippen LogP contribution >= 0.6 is 45.2 Å². The van der Waals surface area contributed by atoms with Gasteiger partial charge in [-0.25, -0.2) is 14.4 Å². The fourth-order valence-electron chi connectivity index (χ4n) is 3.39. The molecule has 0 aliphatic heterocycles. The summed E-state index contributed by atoms with van der Waals surface area (Å²) in [5.74, 6) is -0.411. The molecule has 3 aromatic rings. The third kappa shape index (κ3) is 6.78. The molecular weight excluding hydrogens is 696 g/mol. The Kier molecular flexibility index (Phi) is 8.69. The van der Waals surface area contributed by atoms with Crippen LogP contribution in [-0.4, -0.2) is 40.9 Å². The first-order valence-electron chi connectivity index (χ1n) is 10.7. The number of aromatic nitrogens is 1. The van der Waals surface area contributed by atoms with Crippen molar-refractivity contribution < 1.29 is 28.6 Å². The second kappa shape index (κ2) is 11.2. The Morgan fingerprint density at radius 3 is 2.42 bits per heavy atom. The SMILES string of the molecule is COC(=O)[C@H](Cc1cc(I)c(O)c(I)c1)Nc1nc2ccc(NC(=O)OC(C)(C)C)c(C)c2c(=O)o1. The van der Waals surface area contributed by atoms with Crippen LogP contribution in [0.4, 0.5) is 16.5 Å². The molecule has 1 amide bonds. The number of methoxy groups -OCH3 is 1. The lowest BCUT2D eigenvalue weighted by atomic mass is 10.1. The summed E-state index contributed by atoms with van der Waals surface area (Å²) >= 11 is 4.02.